The predicted octanol–water partition coefficient (Wildman–Crippen LogP) is 2.01. The number of aromatic nitrogens is 2. The van der Waals surface area contributed by atoms with Crippen LogP contribution in [0.5, 0.6) is 0 Å². The van der Waals surface area contributed by atoms with E-state index in [4.69, 9.17) is 5.73 Å². The number of likely N-dealkylation sites (tertiary alicyclic amines) is 1. The molecule has 0 radical (unpaired) electrons. The molecule has 2 amide bonds. The summed E-state index contributed by atoms with van der Waals surface area (Å²) in [5, 5.41) is 3.35. The Morgan fingerprint density at radius 2 is 2.00 bits per heavy atom. The number of nitrogens with one attached hydrogen (secondary N) is 1. The van der Waals surface area contributed by atoms with Crippen LogP contribution in [0, 0.1) is 5.92 Å². The molecule has 3 N–H and O–H groups in total. The first-order chi connectivity index (χ1) is 15.9. The molecule has 4 rings (SSSR count). The van der Waals surface area contributed by atoms with Crippen LogP contribution in [0.2, 0.25) is 0 Å². The van der Waals surface area contributed by atoms with Gasteiger partial charge >= 0.3 is 6.03 Å². The standard InChI is InChI=1S/C25H37N7O/c1-4-31(11-10-30(2)3)25(33)28-21-12-19-13-22-20(15-27-24(26)29-22)14-23(19)32(17-21)16-18-8-6-5-7-9-18/h5-9,15,19,21,23H,4,10-14,16-17H2,1-3H3,(H,28,33)(H2,26,27,29)/t19-,21+,23-/m1/s1. The number of urea groups is 1. The van der Waals surface area contributed by atoms with Gasteiger partial charge in [-0.2, -0.15) is 0 Å². The van der Waals surface area contributed by atoms with Gasteiger partial charge in [-0.15, -0.1) is 0 Å². The molecule has 0 spiro atoms. The first-order valence-electron chi connectivity index (χ1n) is 12.0. The van der Waals surface area contributed by atoms with E-state index in [1.54, 1.807) is 0 Å². The third kappa shape index (κ3) is 5.81. The number of anilines is 1. The van der Waals surface area contributed by atoms with Crippen molar-refractivity contribution in [2.45, 2.75) is 44.8 Å². The number of nitrogen functional groups attached to an aromatic ring is 1. The number of nitrogens with two attached hydrogens (primary N) is 1. The monoisotopic (exact) mass is 451 g/mol. The number of fused-ring (bicyclic) bond motifs is 2. The molecule has 0 bridgehead atoms. The van der Waals surface area contributed by atoms with Crippen molar-refractivity contribution in [1.29, 1.82) is 0 Å². The molecule has 0 unspecified atom stereocenters. The van der Waals surface area contributed by atoms with Crippen LogP contribution in [-0.4, -0.2) is 83.1 Å². The number of rotatable bonds is 7. The molecule has 1 aromatic heterocycles. The molecule has 178 valence electrons. The second-order valence-electron chi connectivity index (χ2n) is 9.62. The summed E-state index contributed by atoms with van der Waals surface area (Å²) in [7, 11) is 4.07. The maximum atomic E-state index is 13.1. The van der Waals surface area contributed by atoms with Gasteiger partial charge in [0.1, 0.15) is 0 Å². The fourth-order valence-electron chi connectivity index (χ4n) is 5.20. The number of carbonyl (C=O) groups is 1. The highest BCUT2D eigenvalue weighted by Gasteiger charge is 2.40. The van der Waals surface area contributed by atoms with Gasteiger partial charge in [0.25, 0.3) is 0 Å². The van der Waals surface area contributed by atoms with Crippen molar-refractivity contribution in [3.8, 4) is 0 Å². The van der Waals surface area contributed by atoms with Crippen LogP contribution in [0.3, 0.4) is 0 Å². The zero-order valence-corrected chi connectivity index (χ0v) is 20.1. The van der Waals surface area contributed by atoms with Crippen molar-refractivity contribution < 1.29 is 4.79 Å². The summed E-state index contributed by atoms with van der Waals surface area (Å²) in [4.78, 5) is 28.4. The number of likely N-dealkylation sites (N-methyl/N-ethyl adjacent to an activating group) is 2. The van der Waals surface area contributed by atoms with E-state index in [-0.39, 0.29) is 12.1 Å². The van der Waals surface area contributed by atoms with Crippen molar-refractivity contribution >= 4 is 12.0 Å². The Hall–Kier alpha value is -2.71. The van der Waals surface area contributed by atoms with Crippen LogP contribution in [0.15, 0.2) is 36.5 Å². The Morgan fingerprint density at radius 1 is 1.21 bits per heavy atom. The summed E-state index contributed by atoms with van der Waals surface area (Å²) in [6.45, 7) is 6.04. The number of hydrogen-bond acceptors (Lipinski definition) is 6. The maximum Gasteiger partial charge on any atom is 0.317 e. The number of piperidine rings is 1. The molecule has 1 aromatic carbocycles. The molecule has 1 aliphatic carbocycles. The van der Waals surface area contributed by atoms with E-state index in [1.807, 2.05) is 32.1 Å². The maximum absolute atomic E-state index is 13.1. The van der Waals surface area contributed by atoms with E-state index in [0.29, 0.717) is 24.5 Å². The minimum atomic E-state index is 0.0326. The summed E-state index contributed by atoms with van der Waals surface area (Å²) in [6.07, 6.45) is 4.66. The number of hydrogen-bond donors (Lipinski definition) is 2. The second kappa shape index (κ2) is 10.5. The normalized spacial score (nSPS) is 22.5. The van der Waals surface area contributed by atoms with Gasteiger partial charge in [0.2, 0.25) is 5.95 Å². The van der Waals surface area contributed by atoms with Gasteiger partial charge in [0.05, 0.1) is 0 Å². The lowest BCUT2D eigenvalue weighted by Crippen LogP contribution is -2.59. The fourth-order valence-corrected chi connectivity index (χ4v) is 5.20. The first kappa shape index (κ1) is 23.4. The Kier molecular flexibility index (Phi) is 7.45. The van der Waals surface area contributed by atoms with Gasteiger partial charge in [-0.25, -0.2) is 14.8 Å². The van der Waals surface area contributed by atoms with Crippen LogP contribution >= 0.6 is 0 Å². The average Bonchev–Trinajstić information content (AvgIpc) is 2.79. The van der Waals surface area contributed by atoms with Gasteiger partial charge < -0.3 is 20.9 Å². The van der Waals surface area contributed by atoms with Crippen molar-refractivity contribution in [3.63, 3.8) is 0 Å². The van der Waals surface area contributed by atoms with E-state index in [9.17, 15) is 4.79 Å². The second-order valence-corrected chi connectivity index (χ2v) is 9.62. The van der Waals surface area contributed by atoms with Gasteiger partial charge in [0.15, 0.2) is 0 Å². The van der Waals surface area contributed by atoms with Crippen LogP contribution in [0.25, 0.3) is 0 Å². The van der Waals surface area contributed by atoms with Crippen LogP contribution in [0.4, 0.5) is 10.7 Å². The molecule has 0 saturated carbocycles. The third-order valence-corrected chi connectivity index (χ3v) is 6.95. The van der Waals surface area contributed by atoms with Gasteiger partial charge in [-0.05, 0) is 57.3 Å². The van der Waals surface area contributed by atoms with Gasteiger partial charge in [-0.3, -0.25) is 4.90 Å². The molecule has 1 saturated heterocycles. The fraction of sp³-hybridized carbons (Fsp3) is 0.560. The van der Waals surface area contributed by atoms with Crippen molar-refractivity contribution in [2.75, 3.05) is 46.0 Å². The van der Waals surface area contributed by atoms with Gasteiger partial charge in [0, 0.05) is 56.7 Å². The number of nitrogens with zero attached hydrogens (tertiary/aromatic N) is 5. The summed E-state index contributed by atoms with van der Waals surface area (Å²) in [5.41, 5.74) is 9.43. The largest absolute Gasteiger partial charge is 0.368 e. The highest BCUT2D eigenvalue weighted by Crippen LogP contribution is 2.35. The molecule has 1 fully saturated rings. The zero-order valence-electron chi connectivity index (χ0n) is 20.1. The van der Waals surface area contributed by atoms with E-state index in [0.717, 1.165) is 51.1 Å². The number of amides is 2. The van der Waals surface area contributed by atoms with Crippen LogP contribution in [-0.2, 0) is 19.4 Å². The Morgan fingerprint density at radius 3 is 2.73 bits per heavy atom. The smallest absolute Gasteiger partial charge is 0.317 e. The van der Waals surface area contributed by atoms with Crippen LogP contribution in [0.1, 0.15) is 30.2 Å². The van der Waals surface area contributed by atoms with E-state index >= 15 is 0 Å². The average molecular weight is 452 g/mol. The minimum absolute atomic E-state index is 0.0326. The highest BCUT2D eigenvalue weighted by molar-refractivity contribution is 5.74. The number of benzene rings is 1. The summed E-state index contributed by atoms with van der Waals surface area (Å²) in [5.74, 6) is 0.764. The molecular weight excluding hydrogens is 414 g/mol. The molecule has 33 heavy (non-hydrogen) atoms. The van der Waals surface area contributed by atoms with Crippen LogP contribution < -0.4 is 11.1 Å². The SMILES string of the molecule is CCN(CCN(C)C)C(=O)N[C@H]1C[C@@H]2Cc3nc(N)ncc3C[C@H]2N(Cc2ccccc2)C1. The van der Waals surface area contributed by atoms with Crippen molar-refractivity contribution in [1.82, 2.24) is 30.0 Å². The van der Waals surface area contributed by atoms with Crippen molar-refractivity contribution in [2.24, 2.45) is 5.92 Å². The molecule has 8 nitrogen and oxygen atoms in total. The Balaban J connectivity index is 1.51. The minimum Gasteiger partial charge on any atom is -0.368 e. The number of carbonyl (C=O) groups excluding carboxylic acids is 1. The quantitative estimate of drug-likeness (QED) is 0.669. The molecule has 2 aliphatic rings. The summed E-state index contributed by atoms with van der Waals surface area (Å²) >= 11 is 0. The van der Waals surface area contributed by atoms with E-state index < -0.39 is 0 Å². The highest BCUT2D eigenvalue weighted by atomic mass is 16.2. The molecule has 2 aromatic rings. The molecule has 8 heteroatoms. The van der Waals surface area contributed by atoms with Crippen molar-refractivity contribution in [3.05, 3.63) is 53.3 Å². The molecule has 2 heterocycles. The molecule has 3 atom stereocenters. The Bertz CT molecular complexity index is 936. The lowest BCUT2D eigenvalue weighted by Gasteiger charge is -2.47. The van der Waals surface area contributed by atoms with E-state index in [2.05, 4.69) is 55.4 Å². The molecular formula is C25H37N7O. The Labute approximate surface area is 197 Å². The third-order valence-electron chi connectivity index (χ3n) is 6.95. The van der Waals surface area contributed by atoms with E-state index in [1.165, 1.54) is 11.1 Å². The van der Waals surface area contributed by atoms with Gasteiger partial charge in [-0.1, -0.05) is 30.3 Å². The summed E-state index contributed by atoms with van der Waals surface area (Å²) in [6, 6.07) is 11.1. The summed E-state index contributed by atoms with van der Waals surface area (Å²) < 4.78 is 0. The zero-order chi connectivity index (χ0) is 23.4. The lowest BCUT2D eigenvalue weighted by molar-refractivity contribution is 0.0561. The molecule has 1 aliphatic heterocycles. The first-order valence-corrected chi connectivity index (χ1v) is 12.0. The predicted molar refractivity (Wildman–Crippen MR) is 131 cm³/mol. The lowest BCUT2D eigenvalue weighted by atomic mass is 9.76. The topological polar surface area (TPSA) is 90.6 Å².